The summed E-state index contributed by atoms with van der Waals surface area (Å²) in [4.78, 5) is 15.1. The van der Waals surface area contributed by atoms with Gasteiger partial charge in [-0.3, -0.25) is 4.40 Å². The Balaban J connectivity index is 2.27. The van der Waals surface area contributed by atoms with Crippen LogP contribution in [0, 0.1) is 0 Å². The zero-order valence-electron chi connectivity index (χ0n) is 9.61. The zero-order valence-corrected chi connectivity index (χ0v) is 9.61. The summed E-state index contributed by atoms with van der Waals surface area (Å²) in [7, 11) is 0. The number of carboxylic acid groups (broad SMARTS) is 1. The van der Waals surface area contributed by atoms with Crippen molar-refractivity contribution in [2.45, 2.75) is 12.6 Å². The maximum atomic E-state index is 12.0. The van der Waals surface area contributed by atoms with Gasteiger partial charge in [-0.1, -0.05) is 6.07 Å². The Morgan fingerprint density at radius 2 is 2.16 bits per heavy atom. The number of hydrogen-bond acceptors (Lipinski definition) is 3. The molecule has 2 rings (SSSR count). The Bertz CT molecular complexity index is 607. The van der Waals surface area contributed by atoms with Crippen LogP contribution in [0.15, 0.2) is 24.4 Å². The van der Waals surface area contributed by atoms with E-state index in [-0.39, 0.29) is 11.5 Å². The van der Waals surface area contributed by atoms with Crippen LogP contribution in [-0.2, 0) is 0 Å². The van der Waals surface area contributed by atoms with Crippen molar-refractivity contribution in [1.29, 1.82) is 0 Å². The zero-order chi connectivity index (χ0) is 14.0. The number of nitrogens with one attached hydrogen (secondary N) is 1. The fourth-order valence-electron chi connectivity index (χ4n) is 1.65. The van der Waals surface area contributed by atoms with Crippen molar-refractivity contribution in [3.63, 3.8) is 0 Å². The van der Waals surface area contributed by atoms with E-state index in [1.807, 2.05) is 0 Å². The van der Waals surface area contributed by atoms with Crippen molar-refractivity contribution in [1.82, 2.24) is 9.38 Å². The molecule has 0 atom stereocenters. The monoisotopic (exact) mass is 273 g/mol. The second-order valence-corrected chi connectivity index (χ2v) is 3.83. The van der Waals surface area contributed by atoms with Gasteiger partial charge >= 0.3 is 12.1 Å². The summed E-state index contributed by atoms with van der Waals surface area (Å²) >= 11 is 0. The van der Waals surface area contributed by atoms with E-state index in [4.69, 9.17) is 5.11 Å². The van der Waals surface area contributed by atoms with Gasteiger partial charge in [-0.05, 0) is 12.1 Å². The van der Waals surface area contributed by atoms with Crippen molar-refractivity contribution < 1.29 is 23.1 Å². The number of hydrogen-bond donors (Lipinski definition) is 2. The van der Waals surface area contributed by atoms with Gasteiger partial charge in [-0.15, -0.1) is 0 Å². The predicted molar refractivity (Wildman–Crippen MR) is 61.3 cm³/mol. The standard InChI is InChI=1S/C11H10F3N3O2/c12-11(13,14)4-5-15-9-8(10(18)19)17-6-2-1-3-7(17)16-9/h1-3,6,15H,4-5H2,(H,18,19). The van der Waals surface area contributed by atoms with Crippen molar-refractivity contribution in [2.75, 3.05) is 11.9 Å². The van der Waals surface area contributed by atoms with Gasteiger partial charge in [0.25, 0.3) is 0 Å². The molecule has 0 aromatic carbocycles. The summed E-state index contributed by atoms with van der Waals surface area (Å²) in [5.41, 5.74) is 0.173. The average Bonchev–Trinajstić information content (AvgIpc) is 2.65. The smallest absolute Gasteiger partial charge is 0.390 e. The molecule has 8 heteroatoms. The van der Waals surface area contributed by atoms with Gasteiger partial charge in [0.2, 0.25) is 0 Å². The summed E-state index contributed by atoms with van der Waals surface area (Å²) in [6, 6.07) is 4.84. The number of aromatic nitrogens is 2. The van der Waals surface area contributed by atoms with E-state index in [1.54, 1.807) is 18.2 Å². The van der Waals surface area contributed by atoms with Crippen LogP contribution in [-0.4, -0.2) is 33.2 Å². The van der Waals surface area contributed by atoms with Crippen LogP contribution in [0.5, 0.6) is 0 Å². The Kier molecular flexibility index (Phi) is 3.32. The number of nitrogens with zero attached hydrogens (tertiary/aromatic N) is 2. The van der Waals surface area contributed by atoms with E-state index in [1.165, 1.54) is 10.6 Å². The van der Waals surface area contributed by atoms with Gasteiger partial charge in [-0.25, -0.2) is 9.78 Å². The second kappa shape index (κ2) is 4.79. The highest BCUT2D eigenvalue weighted by Crippen LogP contribution is 2.21. The number of pyridine rings is 1. The van der Waals surface area contributed by atoms with E-state index >= 15 is 0 Å². The molecule has 2 heterocycles. The third kappa shape index (κ3) is 2.95. The highest BCUT2D eigenvalue weighted by molar-refractivity contribution is 5.92. The van der Waals surface area contributed by atoms with Crippen LogP contribution in [0.1, 0.15) is 16.9 Å². The second-order valence-electron chi connectivity index (χ2n) is 3.83. The quantitative estimate of drug-likeness (QED) is 0.897. The number of halogens is 3. The number of carboxylic acids is 1. The minimum atomic E-state index is -4.30. The van der Waals surface area contributed by atoms with Crippen LogP contribution < -0.4 is 5.32 Å². The predicted octanol–water partition coefficient (Wildman–Crippen LogP) is 2.40. The lowest BCUT2D eigenvalue weighted by molar-refractivity contribution is -0.131. The molecule has 5 nitrogen and oxygen atoms in total. The lowest BCUT2D eigenvalue weighted by Gasteiger charge is -2.07. The first-order valence-corrected chi connectivity index (χ1v) is 5.39. The van der Waals surface area contributed by atoms with Crippen molar-refractivity contribution >= 4 is 17.4 Å². The van der Waals surface area contributed by atoms with Gasteiger partial charge in [0, 0.05) is 12.7 Å². The first kappa shape index (κ1) is 13.2. The molecule has 2 aromatic heterocycles. The number of anilines is 1. The molecule has 0 aliphatic carbocycles. The molecule has 19 heavy (non-hydrogen) atoms. The largest absolute Gasteiger partial charge is 0.476 e. The number of rotatable bonds is 4. The molecular weight excluding hydrogens is 263 g/mol. The summed E-state index contributed by atoms with van der Waals surface area (Å²) in [6.07, 6.45) is -3.86. The molecule has 2 aromatic rings. The fourth-order valence-corrected chi connectivity index (χ4v) is 1.65. The van der Waals surface area contributed by atoms with Crippen LogP contribution >= 0.6 is 0 Å². The molecule has 0 saturated carbocycles. The van der Waals surface area contributed by atoms with Crippen LogP contribution in [0.3, 0.4) is 0 Å². The Hall–Kier alpha value is -2.25. The van der Waals surface area contributed by atoms with Crippen LogP contribution in [0.4, 0.5) is 19.0 Å². The first-order valence-electron chi connectivity index (χ1n) is 5.39. The molecule has 2 N–H and O–H groups in total. The van der Waals surface area contributed by atoms with Crippen molar-refractivity contribution in [2.24, 2.45) is 0 Å². The molecule has 0 radical (unpaired) electrons. The molecular formula is C11H10F3N3O2. The molecule has 0 aliphatic heterocycles. The maximum Gasteiger partial charge on any atom is 0.390 e. The van der Waals surface area contributed by atoms with Gasteiger partial charge in [-0.2, -0.15) is 13.2 Å². The lowest BCUT2D eigenvalue weighted by Crippen LogP contribution is -2.16. The SMILES string of the molecule is O=C(O)c1c(NCCC(F)(F)F)nc2ccccn12. The van der Waals surface area contributed by atoms with Gasteiger partial charge < -0.3 is 10.4 Å². The van der Waals surface area contributed by atoms with E-state index < -0.39 is 25.1 Å². The maximum absolute atomic E-state index is 12.0. The highest BCUT2D eigenvalue weighted by Gasteiger charge is 2.27. The van der Waals surface area contributed by atoms with Gasteiger partial charge in [0.1, 0.15) is 5.65 Å². The van der Waals surface area contributed by atoms with E-state index in [0.717, 1.165) is 0 Å². The normalized spacial score (nSPS) is 11.7. The number of alkyl halides is 3. The molecule has 0 aliphatic rings. The van der Waals surface area contributed by atoms with Crippen molar-refractivity contribution in [3.05, 3.63) is 30.1 Å². The Morgan fingerprint density at radius 1 is 1.42 bits per heavy atom. The van der Waals surface area contributed by atoms with Gasteiger partial charge in [0.15, 0.2) is 11.5 Å². The number of fused-ring (bicyclic) bond motifs is 1. The number of aromatic carboxylic acids is 1. The summed E-state index contributed by atoms with van der Waals surface area (Å²) in [5.74, 6) is -1.32. The number of imidazole rings is 1. The molecule has 0 fully saturated rings. The van der Waals surface area contributed by atoms with E-state index in [0.29, 0.717) is 5.65 Å². The minimum absolute atomic E-state index is 0.0667. The summed E-state index contributed by atoms with van der Waals surface area (Å²) < 4.78 is 37.4. The molecule has 0 bridgehead atoms. The topological polar surface area (TPSA) is 66.6 Å². The molecule has 0 saturated heterocycles. The third-order valence-corrected chi connectivity index (χ3v) is 2.43. The number of carbonyl (C=O) groups is 1. The Morgan fingerprint density at radius 3 is 2.79 bits per heavy atom. The highest BCUT2D eigenvalue weighted by atomic mass is 19.4. The first-order chi connectivity index (χ1) is 8.88. The average molecular weight is 273 g/mol. The summed E-state index contributed by atoms with van der Waals surface area (Å²) in [6.45, 7) is -0.423. The minimum Gasteiger partial charge on any atom is -0.476 e. The Labute approximate surface area is 105 Å². The van der Waals surface area contributed by atoms with Gasteiger partial charge in [0.05, 0.1) is 6.42 Å². The fraction of sp³-hybridized carbons (Fsp3) is 0.273. The molecule has 0 amide bonds. The third-order valence-electron chi connectivity index (χ3n) is 2.43. The van der Waals surface area contributed by atoms with E-state index in [2.05, 4.69) is 10.3 Å². The molecule has 0 unspecified atom stereocenters. The van der Waals surface area contributed by atoms with Crippen molar-refractivity contribution in [3.8, 4) is 0 Å². The van der Waals surface area contributed by atoms with E-state index in [9.17, 15) is 18.0 Å². The molecule has 0 spiro atoms. The van der Waals surface area contributed by atoms with Crippen LogP contribution in [0.2, 0.25) is 0 Å². The van der Waals surface area contributed by atoms with Crippen LogP contribution in [0.25, 0.3) is 5.65 Å². The molecule has 102 valence electrons. The lowest BCUT2D eigenvalue weighted by atomic mass is 10.3. The summed E-state index contributed by atoms with van der Waals surface area (Å²) in [5, 5.41) is 11.5.